The van der Waals surface area contributed by atoms with Gasteiger partial charge < -0.3 is 19.7 Å². The molecule has 1 N–H and O–H groups in total. The molecule has 7 heteroatoms. The van der Waals surface area contributed by atoms with Gasteiger partial charge in [0.15, 0.2) is 5.75 Å². The van der Waals surface area contributed by atoms with Crippen molar-refractivity contribution in [3.05, 3.63) is 27.7 Å². The molecule has 1 aliphatic heterocycles. The molecule has 1 fully saturated rings. The van der Waals surface area contributed by atoms with Crippen LogP contribution in [0.1, 0.15) is 10.4 Å². The van der Waals surface area contributed by atoms with E-state index < -0.39 is 0 Å². The zero-order chi connectivity index (χ0) is 15.4. The fraction of sp³-hybridized carbons (Fsp3) is 0.500. The zero-order valence-corrected chi connectivity index (χ0v) is 13.5. The summed E-state index contributed by atoms with van der Waals surface area (Å²) in [4.78, 5) is 14.5. The molecule has 1 amide bonds. The Balaban J connectivity index is 2.05. The number of hydrogen-bond donors (Lipinski definition) is 1. The van der Waals surface area contributed by atoms with Crippen molar-refractivity contribution in [2.45, 2.75) is 6.10 Å². The SMILES string of the molecule is COc1c(Cl)ccc(Cl)c1C(=O)NCC1CN(C)CCO1. The van der Waals surface area contributed by atoms with Crippen molar-refractivity contribution in [1.29, 1.82) is 0 Å². The Morgan fingerprint density at radius 3 is 2.86 bits per heavy atom. The van der Waals surface area contributed by atoms with Gasteiger partial charge in [0.25, 0.3) is 5.91 Å². The number of benzene rings is 1. The summed E-state index contributed by atoms with van der Waals surface area (Å²) in [6, 6.07) is 3.17. The van der Waals surface area contributed by atoms with E-state index in [1.807, 2.05) is 7.05 Å². The Bertz CT molecular complexity index is 525. The fourth-order valence-corrected chi connectivity index (χ4v) is 2.70. The van der Waals surface area contributed by atoms with Crippen LogP contribution in [0.5, 0.6) is 5.75 Å². The Morgan fingerprint density at radius 2 is 2.19 bits per heavy atom. The molecule has 1 saturated heterocycles. The van der Waals surface area contributed by atoms with Gasteiger partial charge in [-0.2, -0.15) is 0 Å². The smallest absolute Gasteiger partial charge is 0.256 e. The molecular formula is C14H18Cl2N2O3. The summed E-state index contributed by atoms with van der Waals surface area (Å²) in [5.74, 6) is -0.0421. The number of methoxy groups -OCH3 is 1. The van der Waals surface area contributed by atoms with Crippen LogP contribution in [0, 0.1) is 0 Å². The van der Waals surface area contributed by atoms with Gasteiger partial charge in [0.1, 0.15) is 5.56 Å². The quantitative estimate of drug-likeness (QED) is 0.916. The van der Waals surface area contributed by atoms with E-state index in [9.17, 15) is 4.79 Å². The van der Waals surface area contributed by atoms with Crippen molar-refractivity contribution < 1.29 is 14.3 Å². The molecule has 116 valence electrons. The molecule has 2 rings (SSSR count). The number of morpholine rings is 1. The number of amides is 1. The molecule has 21 heavy (non-hydrogen) atoms. The van der Waals surface area contributed by atoms with E-state index in [0.717, 1.165) is 13.1 Å². The minimum absolute atomic E-state index is 0.0309. The van der Waals surface area contributed by atoms with Gasteiger partial charge in [-0.1, -0.05) is 23.2 Å². The normalized spacial score (nSPS) is 19.3. The van der Waals surface area contributed by atoms with E-state index in [2.05, 4.69) is 10.2 Å². The van der Waals surface area contributed by atoms with Crippen molar-refractivity contribution >= 4 is 29.1 Å². The molecule has 0 spiro atoms. The molecule has 1 aliphatic rings. The second-order valence-electron chi connectivity index (χ2n) is 4.90. The summed E-state index contributed by atoms with van der Waals surface area (Å²) in [6.45, 7) is 2.76. The van der Waals surface area contributed by atoms with Gasteiger partial charge in [0.2, 0.25) is 0 Å². The minimum Gasteiger partial charge on any atom is -0.494 e. The second-order valence-corrected chi connectivity index (χ2v) is 5.72. The van der Waals surface area contributed by atoms with Crippen molar-refractivity contribution in [2.24, 2.45) is 0 Å². The molecule has 0 saturated carbocycles. The van der Waals surface area contributed by atoms with E-state index in [0.29, 0.717) is 23.2 Å². The average molecular weight is 333 g/mol. The molecule has 1 aromatic carbocycles. The molecule has 1 atom stereocenters. The van der Waals surface area contributed by atoms with Crippen LogP contribution in [-0.4, -0.2) is 57.3 Å². The maximum atomic E-state index is 12.3. The Kier molecular flexibility index (Phi) is 5.70. The maximum absolute atomic E-state index is 12.3. The van der Waals surface area contributed by atoms with Gasteiger partial charge in [-0.05, 0) is 19.2 Å². The van der Waals surface area contributed by atoms with Crippen LogP contribution in [0.4, 0.5) is 0 Å². The Hall–Kier alpha value is -1.01. The number of ether oxygens (including phenoxy) is 2. The fourth-order valence-electron chi connectivity index (χ4n) is 2.23. The van der Waals surface area contributed by atoms with Crippen molar-refractivity contribution in [1.82, 2.24) is 10.2 Å². The topological polar surface area (TPSA) is 50.8 Å². The van der Waals surface area contributed by atoms with Crippen molar-refractivity contribution in [3.63, 3.8) is 0 Å². The average Bonchev–Trinajstić information content (AvgIpc) is 2.47. The third-order valence-electron chi connectivity index (χ3n) is 3.32. The number of nitrogens with zero attached hydrogens (tertiary/aromatic N) is 1. The largest absolute Gasteiger partial charge is 0.494 e. The number of rotatable bonds is 4. The summed E-state index contributed by atoms with van der Waals surface area (Å²) in [7, 11) is 3.47. The van der Waals surface area contributed by atoms with Gasteiger partial charge in [0.05, 0.1) is 29.9 Å². The van der Waals surface area contributed by atoms with Crippen LogP contribution in [0.25, 0.3) is 0 Å². The highest BCUT2D eigenvalue weighted by molar-refractivity contribution is 6.37. The highest BCUT2D eigenvalue weighted by Crippen LogP contribution is 2.33. The lowest BCUT2D eigenvalue weighted by molar-refractivity contribution is -0.0175. The van der Waals surface area contributed by atoms with Crippen LogP contribution in [0.15, 0.2) is 12.1 Å². The standard InChI is InChI=1S/C14H18Cl2N2O3/c1-18-5-6-21-9(8-18)7-17-14(19)12-10(15)3-4-11(16)13(12)20-2/h3-4,9H,5-8H2,1-2H3,(H,17,19). The first kappa shape index (κ1) is 16.4. The lowest BCUT2D eigenvalue weighted by Crippen LogP contribution is -2.46. The molecular weight excluding hydrogens is 315 g/mol. The summed E-state index contributed by atoms with van der Waals surface area (Å²) in [6.07, 6.45) is -0.0309. The van der Waals surface area contributed by atoms with Gasteiger partial charge in [-0.15, -0.1) is 0 Å². The van der Waals surface area contributed by atoms with E-state index in [1.54, 1.807) is 12.1 Å². The highest BCUT2D eigenvalue weighted by atomic mass is 35.5. The molecule has 1 aromatic rings. The minimum atomic E-state index is -0.323. The van der Waals surface area contributed by atoms with Crippen LogP contribution >= 0.6 is 23.2 Å². The van der Waals surface area contributed by atoms with Crippen LogP contribution in [0.3, 0.4) is 0 Å². The van der Waals surface area contributed by atoms with Crippen LogP contribution in [-0.2, 0) is 4.74 Å². The van der Waals surface area contributed by atoms with Gasteiger partial charge >= 0.3 is 0 Å². The molecule has 5 nitrogen and oxygen atoms in total. The Morgan fingerprint density at radius 1 is 1.48 bits per heavy atom. The number of nitrogens with one attached hydrogen (secondary N) is 1. The molecule has 0 bridgehead atoms. The molecule has 1 heterocycles. The third-order valence-corrected chi connectivity index (χ3v) is 3.93. The first-order chi connectivity index (χ1) is 10.0. The molecule has 1 unspecified atom stereocenters. The monoisotopic (exact) mass is 332 g/mol. The van der Waals surface area contributed by atoms with Crippen LogP contribution < -0.4 is 10.1 Å². The molecule has 0 radical (unpaired) electrons. The van der Waals surface area contributed by atoms with Crippen LogP contribution in [0.2, 0.25) is 10.0 Å². The predicted octanol–water partition coefficient (Wildman–Crippen LogP) is 2.06. The lowest BCUT2D eigenvalue weighted by Gasteiger charge is -2.30. The number of halogens is 2. The van der Waals surface area contributed by atoms with E-state index in [4.69, 9.17) is 32.7 Å². The maximum Gasteiger partial charge on any atom is 0.256 e. The summed E-state index contributed by atoms with van der Waals surface area (Å²) in [5, 5.41) is 3.47. The van der Waals surface area contributed by atoms with Gasteiger partial charge in [-0.3, -0.25) is 4.79 Å². The highest BCUT2D eigenvalue weighted by Gasteiger charge is 2.22. The first-order valence-electron chi connectivity index (χ1n) is 6.63. The summed E-state index contributed by atoms with van der Waals surface area (Å²) < 4.78 is 10.8. The van der Waals surface area contributed by atoms with E-state index in [-0.39, 0.29) is 23.3 Å². The van der Waals surface area contributed by atoms with Gasteiger partial charge in [0, 0.05) is 19.6 Å². The number of carbonyl (C=O) groups is 1. The second kappa shape index (κ2) is 7.31. The summed E-state index contributed by atoms with van der Waals surface area (Å²) in [5.41, 5.74) is 0.246. The lowest BCUT2D eigenvalue weighted by atomic mass is 10.1. The number of hydrogen-bond acceptors (Lipinski definition) is 4. The van der Waals surface area contributed by atoms with Crippen molar-refractivity contribution in [3.8, 4) is 5.75 Å². The number of carbonyl (C=O) groups excluding carboxylic acids is 1. The predicted molar refractivity (Wildman–Crippen MR) is 82.6 cm³/mol. The summed E-state index contributed by atoms with van der Waals surface area (Å²) >= 11 is 12.1. The van der Waals surface area contributed by atoms with Crippen molar-refractivity contribution in [2.75, 3.05) is 40.4 Å². The number of likely N-dealkylation sites (N-methyl/N-ethyl adjacent to an activating group) is 1. The molecule has 0 aliphatic carbocycles. The molecule has 0 aromatic heterocycles. The van der Waals surface area contributed by atoms with E-state index in [1.165, 1.54) is 7.11 Å². The van der Waals surface area contributed by atoms with Gasteiger partial charge in [-0.25, -0.2) is 0 Å². The first-order valence-corrected chi connectivity index (χ1v) is 7.39. The zero-order valence-electron chi connectivity index (χ0n) is 12.0. The Labute approximate surface area is 134 Å². The third kappa shape index (κ3) is 4.01. The van der Waals surface area contributed by atoms with E-state index >= 15 is 0 Å².